The smallest absolute Gasteiger partial charge is 0.0639 e. The molecule has 0 aliphatic carbocycles. The Morgan fingerprint density at radius 3 is 2.57 bits per heavy atom. The third kappa shape index (κ3) is 8.27. The van der Waals surface area contributed by atoms with Crippen LogP contribution >= 0.6 is 0 Å². The lowest BCUT2D eigenvalue weighted by Crippen LogP contribution is -2.43. The molecular weight excluding hydrogens is 174 g/mol. The van der Waals surface area contributed by atoms with Gasteiger partial charge in [-0.3, -0.25) is 0 Å². The quantitative estimate of drug-likeness (QED) is 0.455. The Balaban J connectivity index is 3.29. The second-order valence-corrected chi connectivity index (χ2v) is 4.38. The van der Waals surface area contributed by atoms with Gasteiger partial charge in [0.2, 0.25) is 0 Å². The number of ether oxygens (including phenoxy) is 1. The molecule has 0 bridgehead atoms. The minimum Gasteiger partial charge on any atom is -0.383 e. The molecular formula is C12H25NO. The molecule has 0 aliphatic heterocycles. The summed E-state index contributed by atoms with van der Waals surface area (Å²) in [6, 6.07) is 0. The van der Waals surface area contributed by atoms with Gasteiger partial charge in [0.15, 0.2) is 0 Å². The van der Waals surface area contributed by atoms with Crippen molar-refractivity contribution < 1.29 is 4.74 Å². The number of hydrogen-bond donors (Lipinski definition) is 1. The van der Waals surface area contributed by atoms with Crippen LogP contribution in [0.2, 0.25) is 0 Å². The summed E-state index contributed by atoms with van der Waals surface area (Å²) < 4.78 is 5.13. The van der Waals surface area contributed by atoms with E-state index >= 15 is 0 Å². The highest BCUT2D eigenvalue weighted by Gasteiger charge is 2.15. The maximum Gasteiger partial charge on any atom is 0.0639 e. The van der Waals surface area contributed by atoms with Gasteiger partial charge < -0.3 is 10.1 Å². The Hall–Kier alpha value is -0.340. The van der Waals surface area contributed by atoms with Crippen LogP contribution in [0.15, 0.2) is 12.7 Å². The van der Waals surface area contributed by atoms with Gasteiger partial charge in [0.05, 0.1) is 6.61 Å². The van der Waals surface area contributed by atoms with Gasteiger partial charge in [-0.1, -0.05) is 12.5 Å². The van der Waals surface area contributed by atoms with Crippen LogP contribution in [-0.2, 0) is 4.74 Å². The third-order valence-electron chi connectivity index (χ3n) is 2.19. The summed E-state index contributed by atoms with van der Waals surface area (Å²) in [4.78, 5) is 0. The summed E-state index contributed by atoms with van der Waals surface area (Å²) in [6.07, 6.45) is 6.91. The largest absolute Gasteiger partial charge is 0.383 e. The molecule has 0 aromatic heterocycles. The Kier molecular flexibility index (Phi) is 7.81. The number of unbranched alkanes of at least 4 members (excludes halogenated alkanes) is 3. The van der Waals surface area contributed by atoms with E-state index in [0.717, 1.165) is 19.6 Å². The summed E-state index contributed by atoms with van der Waals surface area (Å²) >= 11 is 0. The molecule has 84 valence electrons. The molecule has 0 saturated heterocycles. The Morgan fingerprint density at radius 2 is 2.00 bits per heavy atom. The number of hydrogen-bond acceptors (Lipinski definition) is 2. The van der Waals surface area contributed by atoms with Crippen molar-refractivity contribution in [3.63, 3.8) is 0 Å². The molecule has 0 aromatic rings. The molecule has 0 unspecified atom stereocenters. The van der Waals surface area contributed by atoms with Crippen molar-refractivity contribution in [3.05, 3.63) is 12.7 Å². The van der Waals surface area contributed by atoms with Gasteiger partial charge in [0, 0.05) is 12.6 Å². The topological polar surface area (TPSA) is 21.3 Å². The molecule has 0 rings (SSSR count). The zero-order valence-electron chi connectivity index (χ0n) is 9.94. The molecule has 2 nitrogen and oxygen atoms in total. The molecule has 0 amide bonds. The Morgan fingerprint density at radius 1 is 1.29 bits per heavy atom. The standard InChI is InChI=1S/C12H25NO/c1-5-6-7-8-9-10-13-12(2,3)11-14-4/h5,13H,1,6-11H2,2-4H3. The van der Waals surface area contributed by atoms with Crippen molar-refractivity contribution in [2.45, 2.75) is 45.1 Å². The van der Waals surface area contributed by atoms with E-state index in [9.17, 15) is 0 Å². The first-order chi connectivity index (χ1) is 6.62. The van der Waals surface area contributed by atoms with E-state index in [0.29, 0.717) is 0 Å². The molecule has 0 fully saturated rings. The van der Waals surface area contributed by atoms with E-state index < -0.39 is 0 Å². The first-order valence-electron chi connectivity index (χ1n) is 5.47. The van der Waals surface area contributed by atoms with Gasteiger partial charge in [-0.05, 0) is 39.7 Å². The van der Waals surface area contributed by atoms with E-state index in [4.69, 9.17) is 4.74 Å². The Bertz CT molecular complexity index is 143. The van der Waals surface area contributed by atoms with Gasteiger partial charge in [-0.2, -0.15) is 0 Å². The van der Waals surface area contributed by atoms with Crippen molar-refractivity contribution in [2.24, 2.45) is 0 Å². The molecule has 0 heterocycles. The highest BCUT2D eigenvalue weighted by molar-refractivity contribution is 4.76. The lowest BCUT2D eigenvalue weighted by atomic mass is 10.1. The lowest BCUT2D eigenvalue weighted by molar-refractivity contribution is 0.128. The summed E-state index contributed by atoms with van der Waals surface area (Å²) in [7, 11) is 1.74. The van der Waals surface area contributed by atoms with Crippen LogP contribution in [0.4, 0.5) is 0 Å². The van der Waals surface area contributed by atoms with Crippen molar-refractivity contribution in [3.8, 4) is 0 Å². The van der Waals surface area contributed by atoms with Crippen LogP contribution in [0.25, 0.3) is 0 Å². The normalized spacial score (nSPS) is 11.6. The van der Waals surface area contributed by atoms with Gasteiger partial charge in [0.25, 0.3) is 0 Å². The summed E-state index contributed by atoms with van der Waals surface area (Å²) in [5.74, 6) is 0. The first-order valence-corrected chi connectivity index (χ1v) is 5.47. The van der Waals surface area contributed by atoms with Gasteiger partial charge in [-0.25, -0.2) is 0 Å². The molecule has 0 aromatic carbocycles. The molecule has 0 saturated carbocycles. The fourth-order valence-electron chi connectivity index (χ4n) is 1.43. The van der Waals surface area contributed by atoms with Crippen LogP contribution in [-0.4, -0.2) is 25.8 Å². The van der Waals surface area contributed by atoms with Crippen LogP contribution in [0.1, 0.15) is 39.5 Å². The number of nitrogens with one attached hydrogen (secondary N) is 1. The van der Waals surface area contributed by atoms with E-state index in [1.165, 1.54) is 19.3 Å². The molecule has 0 atom stereocenters. The predicted molar refractivity (Wildman–Crippen MR) is 62.6 cm³/mol. The monoisotopic (exact) mass is 199 g/mol. The zero-order chi connectivity index (χ0) is 10.9. The minimum atomic E-state index is 0.104. The number of rotatable bonds is 9. The number of methoxy groups -OCH3 is 1. The molecule has 0 radical (unpaired) electrons. The highest BCUT2D eigenvalue weighted by Crippen LogP contribution is 2.04. The molecule has 2 heteroatoms. The van der Waals surface area contributed by atoms with Crippen molar-refractivity contribution in [1.29, 1.82) is 0 Å². The average molecular weight is 199 g/mol. The van der Waals surface area contributed by atoms with Crippen molar-refractivity contribution in [1.82, 2.24) is 5.32 Å². The summed E-state index contributed by atoms with van der Waals surface area (Å²) in [6.45, 7) is 9.88. The second kappa shape index (κ2) is 8.01. The molecule has 0 aliphatic rings. The zero-order valence-corrected chi connectivity index (χ0v) is 9.94. The first kappa shape index (κ1) is 13.7. The highest BCUT2D eigenvalue weighted by atomic mass is 16.5. The summed E-state index contributed by atoms with van der Waals surface area (Å²) in [5.41, 5.74) is 0.104. The Labute approximate surface area is 88.7 Å². The molecule has 0 spiro atoms. The fourth-order valence-corrected chi connectivity index (χ4v) is 1.43. The maximum absolute atomic E-state index is 5.13. The average Bonchev–Trinajstić information content (AvgIpc) is 2.11. The maximum atomic E-state index is 5.13. The van der Waals surface area contributed by atoms with E-state index in [1.54, 1.807) is 7.11 Å². The molecule has 14 heavy (non-hydrogen) atoms. The third-order valence-corrected chi connectivity index (χ3v) is 2.19. The van der Waals surface area contributed by atoms with E-state index in [-0.39, 0.29) is 5.54 Å². The SMILES string of the molecule is C=CCCCCCNC(C)(C)COC. The fraction of sp³-hybridized carbons (Fsp3) is 0.833. The van der Waals surface area contributed by atoms with Crippen LogP contribution in [0.5, 0.6) is 0 Å². The van der Waals surface area contributed by atoms with Crippen molar-refractivity contribution in [2.75, 3.05) is 20.3 Å². The number of allylic oxidation sites excluding steroid dienone is 1. The van der Waals surface area contributed by atoms with Crippen LogP contribution < -0.4 is 5.32 Å². The van der Waals surface area contributed by atoms with E-state index in [2.05, 4.69) is 25.7 Å². The minimum absolute atomic E-state index is 0.104. The van der Waals surface area contributed by atoms with Crippen LogP contribution in [0.3, 0.4) is 0 Å². The van der Waals surface area contributed by atoms with Gasteiger partial charge in [-0.15, -0.1) is 6.58 Å². The summed E-state index contributed by atoms with van der Waals surface area (Å²) in [5, 5.41) is 3.49. The van der Waals surface area contributed by atoms with Crippen LogP contribution in [0, 0.1) is 0 Å². The van der Waals surface area contributed by atoms with E-state index in [1.807, 2.05) is 6.08 Å². The lowest BCUT2D eigenvalue weighted by Gasteiger charge is -2.25. The molecule has 1 N–H and O–H groups in total. The van der Waals surface area contributed by atoms with Gasteiger partial charge >= 0.3 is 0 Å². The predicted octanol–water partition coefficient (Wildman–Crippen LogP) is 2.75. The van der Waals surface area contributed by atoms with Crippen molar-refractivity contribution >= 4 is 0 Å². The van der Waals surface area contributed by atoms with Gasteiger partial charge in [0.1, 0.15) is 0 Å². The second-order valence-electron chi connectivity index (χ2n) is 4.38.